The van der Waals surface area contributed by atoms with Crippen molar-refractivity contribution >= 4 is 11.6 Å². The number of carbonyl (C=O) groups is 1. The van der Waals surface area contributed by atoms with Gasteiger partial charge in [0.05, 0.1) is 16.9 Å². The highest BCUT2D eigenvalue weighted by Crippen LogP contribution is 2.29. The number of phenols is 2. The van der Waals surface area contributed by atoms with Crippen LogP contribution in [0.5, 0.6) is 11.5 Å². The first-order valence-electron chi connectivity index (χ1n) is 5.87. The number of para-hydroxylation sites is 1. The van der Waals surface area contributed by atoms with E-state index >= 15 is 0 Å². The van der Waals surface area contributed by atoms with E-state index in [1.807, 2.05) is 6.92 Å². The van der Waals surface area contributed by atoms with E-state index in [2.05, 4.69) is 10.4 Å². The summed E-state index contributed by atoms with van der Waals surface area (Å²) in [7, 11) is 1.76. The van der Waals surface area contributed by atoms with Crippen LogP contribution in [0.3, 0.4) is 0 Å². The zero-order valence-electron chi connectivity index (χ0n) is 10.7. The SMILES string of the molecule is CCc1nn(C)cc1NC(=O)c1cccc(O)c1O. The van der Waals surface area contributed by atoms with Crippen molar-refractivity contribution < 1.29 is 15.0 Å². The predicted molar refractivity (Wildman–Crippen MR) is 70.3 cm³/mol. The molecule has 0 aliphatic carbocycles. The molecule has 2 aromatic rings. The lowest BCUT2D eigenvalue weighted by Gasteiger charge is -2.07. The minimum atomic E-state index is -0.490. The van der Waals surface area contributed by atoms with E-state index in [0.717, 1.165) is 5.69 Å². The maximum absolute atomic E-state index is 12.0. The van der Waals surface area contributed by atoms with E-state index < -0.39 is 11.7 Å². The van der Waals surface area contributed by atoms with Crippen LogP contribution in [0, 0.1) is 0 Å². The lowest BCUT2D eigenvalue weighted by Crippen LogP contribution is -2.12. The van der Waals surface area contributed by atoms with E-state index in [4.69, 9.17) is 0 Å². The Bertz CT molecular complexity index is 620. The van der Waals surface area contributed by atoms with Crippen molar-refractivity contribution in [1.82, 2.24) is 9.78 Å². The highest BCUT2D eigenvalue weighted by Gasteiger charge is 2.16. The molecule has 1 heterocycles. The molecule has 1 aromatic carbocycles. The van der Waals surface area contributed by atoms with Crippen LogP contribution in [0.2, 0.25) is 0 Å². The predicted octanol–water partition coefficient (Wildman–Crippen LogP) is 1.65. The van der Waals surface area contributed by atoms with Crippen molar-refractivity contribution in [3.8, 4) is 11.5 Å². The molecule has 19 heavy (non-hydrogen) atoms. The zero-order valence-corrected chi connectivity index (χ0v) is 10.7. The molecule has 0 atom stereocenters. The fourth-order valence-corrected chi connectivity index (χ4v) is 1.80. The number of anilines is 1. The van der Waals surface area contributed by atoms with Gasteiger partial charge >= 0.3 is 0 Å². The second kappa shape index (κ2) is 5.01. The summed E-state index contributed by atoms with van der Waals surface area (Å²) < 4.78 is 1.61. The summed E-state index contributed by atoms with van der Waals surface area (Å²) in [4.78, 5) is 12.0. The van der Waals surface area contributed by atoms with E-state index in [0.29, 0.717) is 12.1 Å². The molecule has 0 saturated heterocycles. The molecule has 0 bridgehead atoms. The minimum Gasteiger partial charge on any atom is -0.504 e. The zero-order chi connectivity index (χ0) is 14.0. The molecular weight excluding hydrogens is 246 g/mol. The van der Waals surface area contributed by atoms with Gasteiger partial charge in [-0.15, -0.1) is 0 Å². The first-order valence-corrected chi connectivity index (χ1v) is 5.87. The van der Waals surface area contributed by atoms with Crippen molar-refractivity contribution in [1.29, 1.82) is 0 Å². The van der Waals surface area contributed by atoms with Crippen LogP contribution < -0.4 is 5.32 Å². The average molecular weight is 261 g/mol. The number of rotatable bonds is 3. The molecule has 0 fully saturated rings. The fraction of sp³-hybridized carbons (Fsp3) is 0.231. The summed E-state index contributed by atoms with van der Waals surface area (Å²) in [5.74, 6) is -1.24. The molecule has 0 saturated carbocycles. The van der Waals surface area contributed by atoms with Crippen LogP contribution in [0.15, 0.2) is 24.4 Å². The van der Waals surface area contributed by atoms with Crippen molar-refractivity contribution in [3.63, 3.8) is 0 Å². The molecular formula is C13H15N3O3. The van der Waals surface area contributed by atoms with Gasteiger partial charge < -0.3 is 15.5 Å². The maximum atomic E-state index is 12.0. The van der Waals surface area contributed by atoms with Crippen LogP contribution in [0.1, 0.15) is 23.0 Å². The van der Waals surface area contributed by atoms with Gasteiger partial charge in [0.1, 0.15) is 0 Å². The molecule has 100 valence electrons. The number of aromatic hydroxyl groups is 2. The number of nitrogens with one attached hydrogen (secondary N) is 1. The van der Waals surface area contributed by atoms with Gasteiger partial charge in [-0.1, -0.05) is 13.0 Å². The van der Waals surface area contributed by atoms with E-state index in [-0.39, 0.29) is 11.3 Å². The topological polar surface area (TPSA) is 87.4 Å². The first-order chi connectivity index (χ1) is 9.02. The van der Waals surface area contributed by atoms with Crippen LogP contribution in [0.4, 0.5) is 5.69 Å². The van der Waals surface area contributed by atoms with Crippen molar-refractivity contribution in [2.45, 2.75) is 13.3 Å². The summed E-state index contributed by atoms with van der Waals surface area (Å²) in [6.07, 6.45) is 2.37. The monoisotopic (exact) mass is 261 g/mol. The van der Waals surface area contributed by atoms with Crippen molar-refractivity contribution in [3.05, 3.63) is 35.7 Å². The van der Waals surface area contributed by atoms with Crippen LogP contribution in [-0.2, 0) is 13.5 Å². The van der Waals surface area contributed by atoms with Gasteiger partial charge in [-0.3, -0.25) is 9.48 Å². The lowest BCUT2D eigenvalue weighted by molar-refractivity contribution is 0.102. The number of hydrogen-bond acceptors (Lipinski definition) is 4. The lowest BCUT2D eigenvalue weighted by atomic mass is 10.1. The summed E-state index contributed by atoms with van der Waals surface area (Å²) in [6.45, 7) is 1.93. The van der Waals surface area contributed by atoms with Crippen molar-refractivity contribution in [2.75, 3.05) is 5.32 Å². The minimum absolute atomic E-state index is 0.0194. The standard InChI is InChI=1S/C13H15N3O3/c1-3-9-10(7-16(2)15-9)14-13(19)8-5-4-6-11(17)12(8)18/h4-7,17-18H,3H2,1-2H3,(H,14,19). The summed E-state index contributed by atoms with van der Waals surface area (Å²) >= 11 is 0. The smallest absolute Gasteiger partial charge is 0.259 e. The Morgan fingerprint density at radius 2 is 2.16 bits per heavy atom. The molecule has 0 aliphatic rings. The normalized spacial score (nSPS) is 10.4. The molecule has 6 heteroatoms. The molecule has 0 spiro atoms. The molecule has 0 radical (unpaired) electrons. The number of nitrogens with zero attached hydrogens (tertiary/aromatic N) is 2. The Hall–Kier alpha value is -2.50. The van der Waals surface area contributed by atoms with Gasteiger partial charge in [-0.25, -0.2) is 0 Å². The van der Waals surface area contributed by atoms with Gasteiger partial charge in [0, 0.05) is 13.2 Å². The Kier molecular flexibility index (Phi) is 3.41. The van der Waals surface area contributed by atoms with E-state index in [1.54, 1.807) is 17.9 Å². The molecule has 1 amide bonds. The van der Waals surface area contributed by atoms with Gasteiger partial charge in [0.25, 0.3) is 5.91 Å². The number of aryl methyl sites for hydroxylation is 2. The van der Waals surface area contributed by atoms with Crippen molar-refractivity contribution in [2.24, 2.45) is 7.05 Å². The third kappa shape index (κ3) is 2.52. The van der Waals surface area contributed by atoms with Gasteiger partial charge in [0.2, 0.25) is 0 Å². The Balaban J connectivity index is 2.28. The largest absolute Gasteiger partial charge is 0.504 e. The van der Waals surface area contributed by atoms with Crippen LogP contribution in [-0.4, -0.2) is 25.9 Å². The van der Waals surface area contributed by atoms with Gasteiger partial charge in [0.15, 0.2) is 11.5 Å². The second-order valence-corrected chi connectivity index (χ2v) is 4.14. The van der Waals surface area contributed by atoms with Crippen LogP contribution >= 0.6 is 0 Å². The Morgan fingerprint density at radius 1 is 1.42 bits per heavy atom. The van der Waals surface area contributed by atoms with Gasteiger partial charge in [-0.05, 0) is 18.6 Å². The average Bonchev–Trinajstić information content (AvgIpc) is 2.72. The number of amides is 1. The molecule has 0 aliphatic heterocycles. The number of hydrogen-bond donors (Lipinski definition) is 3. The fourth-order valence-electron chi connectivity index (χ4n) is 1.80. The molecule has 2 rings (SSSR count). The van der Waals surface area contributed by atoms with E-state index in [1.165, 1.54) is 18.2 Å². The number of carbonyl (C=O) groups excluding carboxylic acids is 1. The van der Waals surface area contributed by atoms with Gasteiger partial charge in [-0.2, -0.15) is 5.10 Å². The molecule has 1 aromatic heterocycles. The van der Waals surface area contributed by atoms with E-state index in [9.17, 15) is 15.0 Å². The highest BCUT2D eigenvalue weighted by molar-refractivity contribution is 6.06. The second-order valence-electron chi connectivity index (χ2n) is 4.14. The Morgan fingerprint density at radius 3 is 2.84 bits per heavy atom. The first kappa shape index (κ1) is 12.9. The summed E-state index contributed by atoms with van der Waals surface area (Å²) in [6, 6.07) is 4.24. The number of benzene rings is 1. The Labute approximate surface area is 110 Å². The summed E-state index contributed by atoms with van der Waals surface area (Å²) in [5, 5.41) is 25.9. The molecule has 6 nitrogen and oxygen atoms in total. The highest BCUT2D eigenvalue weighted by atomic mass is 16.3. The number of aromatic nitrogens is 2. The molecule has 0 unspecified atom stereocenters. The quantitative estimate of drug-likeness (QED) is 0.733. The third-order valence-corrected chi connectivity index (χ3v) is 2.75. The third-order valence-electron chi connectivity index (χ3n) is 2.75. The van der Waals surface area contributed by atoms with Crippen LogP contribution in [0.25, 0.3) is 0 Å². The number of phenolic OH excluding ortho intramolecular Hbond substituents is 2. The molecule has 3 N–H and O–H groups in total. The maximum Gasteiger partial charge on any atom is 0.259 e. The summed E-state index contributed by atoms with van der Waals surface area (Å²) in [5.41, 5.74) is 1.37.